The number of hydrogen-bond donors (Lipinski definition) is 1. The Morgan fingerprint density at radius 2 is 2.00 bits per heavy atom. The number of carbonyl (C=O) groups is 3. The van der Waals surface area contributed by atoms with Crippen molar-refractivity contribution in [2.24, 2.45) is 11.8 Å². The molecule has 3 unspecified atom stereocenters. The van der Waals surface area contributed by atoms with E-state index < -0.39 is 28.7 Å². The molecule has 7 nitrogen and oxygen atoms in total. The van der Waals surface area contributed by atoms with Crippen LogP contribution in [0.1, 0.15) is 64.7 Å². The third kappa shape index (κ3) is 5.17. The second kappa shape index (κ2) is 12.2. The van der Waals surface area contributed by atoms with Gasteiger partial charge in [0.15, 0.2) is 0 Å². The minimum atomic E-state index is -0.727. The van der Waals surface area contributed by atoms with Crippen molar-refractivity contribution in [2.75, 3.05) is 19.8 Å². The molecule has 4 fully saturated rings. The van der Waals surface area contributed by atoms with Crippen LogP contribution in [-0.2, 0) is 19.1 Å². The van der Waals surface area contributed by atoms with Crippen LogP contribution in [0.15, 0.2) is 25.3 Å². The zero-order chi connectivity index (χ0) is 26.7. The number of esters is 1. The van der Waals surface area contributed by atoms with E-state index in [9.17, 15) is 19.5 Å². The summed E-state index contributed by atoms with van der Waals surface area (Å²) in [5, 5.41) is 9.97. The van der Waals surface area contributed by atoms with E-state index in [4.69, 9.17) is 4.74 Å². The van der Waals surface area contributed by atoms with Crippen LogP contribution in [0.25, 0.3) is 0 Å². The Hall–Kier alpha value is -1.32. The number of thioether (sulfide) groups is 1. The van der Waals surface area contributed by atoms with Crippen LogP contribution < -0.4 is 0 Å². The SMILES string of the molecule is C=CCCCCOC(=O)[C@H]1[C@@H]2SC3(CC2Br)C(C(=O)N(CC=C)C2CCCCC2)N([C@H](C)CO)C(=O)[C@H]13. The first-order valence-corrected chi connectivity index (χ1v) is 15.6. The molecule has 0 aromatic rings. The highest BCUT2D eigenvalue weighted by molar-refractivity contribution is 9.09. The number of fused-ring (bicyclic) bond motifs is 1. The van der Waals surface area contributed by atoms with Crippen LogP contribution in [0.4, 0.5) is 0 Å². The fourth-order valence-corrected chi connectivity index (χ4v) is 10.5. The molecule has 0 aromatic heterocycles. The molecular weight excluding hydrogens is 556 g/mol. The molecule has 3 saturated heterocycles. The molecule has 4 aliphatic rings. The van der Waals surface area contributed by atoms with Crippen molar-refractivity contribution in [1.82, 2.24) is 9.80 Å². The van der Waals surface area contributed by atoms with E-state index >= 15 is 0 Å². The second-order valence-electron chi connectivity index (χ2n) is 11.0. The summed E-state index contributed by atoms with van der Waals surface area (Å²) in [5.74, 6) is -1.86. The van der Waals surface area contributed by atoms with E-state index in [1.165, 1.54) is 6.42 Å². The Balaban J connectivity index is 1.65. The average molecular weight is 598 g/mol. The predicted octanol–water partition coefficient (Wildman–Crippen LogP) is 4.08. The molecule has 1 spiro atoms. The maximum absolute atomic E-state index is 14.4. The molecule has 4 rings (SSSR count). The zero-order valence-corrected chi connectivity index (χ0v) is 24.3. The van der Waals surface area contributed by atoms with E-state index in [-0.39, 0.29) is 40.5 Å². The van der Waals surface area contributed by atoms with Crippen LogP contribution in [0, 0.1) is 11.8 Å². The maximum Gasteiger partial charge on any atom is 0.310 e. The van der Waals surface area contributed by atoms with Gasteiger partial charge in [0.2, 0.25) is 11.8 Å². The molecule has 1 N–H and O–H groups in total. The summed E-state index contributed by atoms with van der Waals surface area (Å²) in [6, 6.07) is -1.13. The Labute approximate surface area is 233 Å². The van der Waals surface area contributed by atoms with Gasteiger partial charge in [0.1, 0.15) is 6.04 Å². The van der Waals surface area contributed by atoms with Gasteiger partial charge in [0.05, 0.1) is 35.8 Å². The van der Waals surface area contributed by atoms with Gasteiger partial charge in [-0.25, -0.2) is 0 Å². The van der Waals surface area contributed by atoms with Gasteiger partial charge in [-0.3, -0.25) is 14.4 Å². The second-order valence-corrected chi connectivity index (χ2v) is 13.7. The van der Waals surface area contributed by atoms with Crippen LogP contribution in [0.2, 0.25) is 0 Å². The monoisotopic (exact) mass is 596 g/mol. The van der Waals surface area contributed by atoms with Gasteiger partial charge in [0, 0.05) is 22.7 Å². The standard InChI is InChI=1S/C28H41BrN2O5S/c1-4-6-7-11-15-36-27(35)21-22-25(33)31(18(3)17-32)24(28(22)16-20(29)23(21)37-28)26(34)30(14-5-2)19-12-9-8-10-13-19/h4-5,18-24,32H,1-2,6-17H2,3H3/t18-,20?,21-,22+,23-,24?,28?/m1/s1. The number of halogens is 1. The fourth-order valence-electron chi connectivity index (χ4n) is 6.95. The minimum Gasteiger partial charge on any atom is -0.465 e. The highest BCUT2D eigenvalue weighted by Gasteiger charge is 2.76. The molecule has 3 heterocycles. The average Bonchev–Trinajstić information content (AvgIpc) is 3.50. The number of likely N-dealkylation sites (tertiary alicyclic amines) is 1. The first kappa shape index (κ1) is 28.7. The van der Waals surface area contributed by atoms with Crippen LogP contribution in [-0.4, -0.2) is 85.4 Å². The van der Waals surface area contributed by atoms with Crippen molar-refractivity contribution in [2.45, 2.75) is 97.7 Å². The highest BCUT2D eigenvalue weighted by atomic mass is 79.9. The molecule has 1 saturated carbocycles. The summed E-state index contributed by atoms with van der Waals surface area (Å²) >= 11 is 5.41. The van der Waals surface area contributed by atoms with Crippen LogP contribution in [0.5, 0.6) is 0 Å². The Kier molecular flexibility index (Phi) is 9.49. The number of hydrogen-bond acceptors (Lipinski definition) is 6. The molecular formula is C28H41BrN2O5S. The third-order valence-electron chi connectivity index (χ3n) is 8.64. The Morgan fingerprint density at radius 3 is 2.65 bits per heavy atom. The van der Waals surface area contributed by atoms with Gasteiger partial charge >= 0.3 is 5.97 Å². The molecule has 3 aliphatic heterocycles. The van der Waals surface area contributed by atoms with Gasteiger partial charge in [-0.15, -0.1) is 24.9 Å². The number of aliphatic hydroxyl groups excluding tert-OH is 1. The number of alkyl halides is 1. The van der Waals surface area contributed by atoms with Gasteiger partial charge in [0.25, 0.3) is 0 Å². The van der Waals surface area contributed by atoms with Gasteiger partial charge < -0.3 is 19.6 Å². The third-order valence-corrected chi connectivity index (χ3v) is 11.9. The van der Waals surface area contributed by atoms with Gasteiger partial charge in [-0.05, 0) is 45.4 Å². The summed E-state index contributed by atoms with van der Waals surface area (Å²) in [4.78, 5) is 45.4. The van der Waals surface area contributed by atoms with Crippen LogP contribution in [0.3, 0.4) is 0 Å². The molecule has 2 amide bonds. The molecule has 0 aromatic carbocycles. The normalized spacial score (nSPS) is 33.8. The van der Waals surface area contributed by atoms with Crippen molar-refractivity contribution < 1.29 is 24.2 Å². The lowest BCUT2D eigenvalue weighted by Gasteiger charge is -2.42. The fraction of sp³-hybridized carbons (Fsp3) is 0.750. The summed E-state index contributed by atoms with van der Waals surface area (Å²) in [5.41, 5.74) is 0. The maximum atomic E-state index is 14.4. The van der Waals surface area contributed by atoms with E-state index in [2.05, 4.69) is 29.1 Å². The van der Waals surface area contributed by atoms with Gasteiger partial charge in [-0.2, -0.15) is 0 Å². The lowest BCUT2D eigenvalue weighted by molar-refractivity contribution is -0.154. The topological polar surface area (TPSA) is 87.2 Å². The number of allylic oxidation sites excluding steroid dienone is 1. The lowest BCUT2D eigenvalue weighted by Crippen LogP contribution is -2.59. The van der Waals surface area contributed by atoms with Crippen molar-refractivity contribution >= 4 is 45.5 Å². The largest absolute Gasteiger partial charge is 0.465 e. The van der Waals surface area contributed by atoms with E-state index in [0.29, 0.717) is 19.6 Å². The van der Waals surface area contributed by atoms with E-state index in [1.807, 2.05) is 11.0 Å². The lowest BCUT2D eigenvalue weighted by atomic mass is 9.71. The van der Waals surface area contributed by atoms with Crippen molar-refractivity contribution in [1.29, 1.82) is 0 Å². The molecule has 0 radical (unpaired) electrons. The van der Waals surface area contributed by atoms with Crippen LogP contribution >= 0.6 is 27.7 Å². The van der Waals surface area contributed by atoms with E-state index in [0.717, 1.165) is 44.9 Å². The molecule has 37 heavy (non-hydrogen) atoms. The van der Waals surface area contributed by atoms with Crippen molar-refractivity contribution in [3.8, 4) is 0 Å². The molecule has 1 aliphatic carbocycles. The molecule has 206 valence electrons. The van der Waals surface area contributed by atoms with E-state index in [1.54, 1.807) is 29.7 Å². The number of rotatable bonds is 12. The summed E-state index contributed by atoms with van der Waals surface area (Å²) in [6.45, 7) is 9.91. The number of nitrogens with zero attached hydrogens (tertiary/aromatic N) is 2. The number of ether oxygens (including phenoxy) is 1. The quantitative estimate of drug-likeness (QED) is 0.158. The number of carbonyl (C=O) groups excluding carboxylic acids is 3. The summed E-state index contributed by atoms with van der Waals surface area (Å²) in [7, 11) is 0. The molecule has 7 atom stereocenters. The minimum absolute atomic E-state index is 0.00193. The van der Waals surface area contributed by atoms with Crippen molar-refractivity contribution in [3.63, 3.8) is 0 Å². The summed E-state index contributed by atoms with van der Waals surface area (Å²) in [6.07, 6.45) is 12.0. The summed E-state index contributed by atoms with van der Waals surface area (Å²) < 4.78 is 4.96. The molecule has 9 heteroatoms. The number of unbranched alkanes of at least 4 members (excludes halogenated alkanes) is 2. The first-order chi connectivity index (χ1) is 17.8. The number of amides is 2. The molecule has 2 bridgehead atoms. The van der Waals surface area contributed by atoms with Crippen molar-refractivity contribution in [3.05, 3.63) is 25.3 Å². The predicted molar refractivity (Wildman–Crippen MR) is 149 cm³/mol. The highest BCUT2D eigenvalue weighted by Crippen LogP contribution is 2.68. The first-order valence-electron chi connectivity index (χ1n) is 13.8. The zero-order valence-electron chi connectivity index (χ0n) is 21.9. The Morgan fingerprint density at radius 1 is 1.27 bits per heavy atom. The smallest absolute Gasteiger partial charge is 0.310 e. The Bertz CT molecular complexity index is 896. The number of aliphatic hydroxyl groups is 1. The van der Waals surface area contributed by atoms with Gasteiger partial charge in [-0.1, -0.05) is 47.3 Å².